The molecule has 0 atom stereocenters. The Hall–Kier alpha value is -2.89. The number of anilines is 1. The zero-order chi connectivity index (χ0) is 14.3. The van der Waals surface area contributed by atoms with E-state index in [2.05, 4.69) is 10.1 Å². The van der Waals surface area contributed by atoms with Crippen LogP contribution in [-0.2, 0) is 0 Å². The van der Waals surface area contributed by atoms with Gasteiger partial charge < -0.3 is 10.8 Å². The number of nitrogens with two attached hydrogens (primary N) is 1. The van der Waals surface area contributed by atoms with E-state index in [-0.39, 0.29) is 11.4 Å². The van der Waals surface area contributed by atoms with Crippen molar-refractivity contribution >= 4 is 17.4 Å². The normalized spacial score (nSPS) is 10.8. The van der Waals surface area contributed by atoms with Crippen LogP contribution in [0.15, 0.2) is 36.5 Å². The van der Waals surface area contributed by atoms with Crippen LogP contribution < -0.4 is 5.73 Å². The predicted molar refractivity (Wildman–Crippen MR) is 74.5 cm³/mol. The molecule has 0 spiro atoms. The molecule has 3 N–H and O–H groups in total. The maximum atomic E-state index is 11.1. The second-order valence-corrected chi connectivity index (χ2v) is 4.44. The third-order valence-electron chi connectivity index (χ3n) is 3.19. The SMILES string of the molecule is Cc1c(-c2ccccc2)nn2c(N)c(C(=O)O)cnc12. The molecule has 1 aromatic carbocycles. The number of carbonyl (C=O) groups is 1. The second-order valence-electron chi connectivity index (χ2n) is 4.44. The highest BCUT2D eigenvalue weighted by Crippen LogP contribution is 2.26. The lowest BCUT2D eigenvalue weighted by Gasteiger charge is -2.02. The molecule has 0 radical (unpaired) electrons. The van der Waals surface area contributed by atoms with E-state index in [1.807, 2.05) is 37.3 Å². The van der Waals surface area contributed by atoms with E-state index in [0.29, 0.717) is 5.65 Å². The summed E-state index contributed by atoms with van der Waals surface area (Å²) in [5.41, 5.74) is 8.91. The van der Waals surface area contributed by atoms with E-state index in [1.54, 1.807) is 0 Å². The van der Waals surface area contributed by atoms with Gasteiger partial charge in [-0.15, -0.1) is 0 Å². The molecule has 0 bridgehead atoms. The fraction of sp³-hybridized carbons (Fsp3) is 0.0714. The Bertz CT molecular complexity index is 809. The van der Waals surface area contributed by atoms with Crippen LogP contribution in [0.1, 0.15) is 15.9 Å². The third kappa shape index (κ3) is 1.70. The Morgan fingerprint density at radius 3 is 2.65 bits per heavy atom. The monoisotopic (exact) mass is 268 g/mol. The smallest absolute Gasteiger partial charge is 0.341 e. The van der Waals surface area contributed by atoms with Gasteiger partial charge in [0.15, 0.2) is 5.65 Å². The minimum Gasteiger partial charge on any atom is -0.477 e. The third-order valence-corrected chi connectivity index (χ3v) is 3.19. The van der Waals surface area contributed by atoms with Crippen LogP contribution in [0.5, 0.6) is 0 Å². The van der Waals surface area contributed by atoms with Crippen LogP contribution in [0, 0.1) is 6.92 Å². The first kappa shape index (κ1) is 12.2. The first-order valence-electron chi connectivity index (χ1n) is 6.02. The molecule has 3 rings (SSSR count). The van der Waals surface area contributed by atoms with Crippen molar-refractivity contribution in [3.8, 4) is 11.3 Å². The summed E-state index contributed by atoms with van der Waals surface area (Å²) in [5.74, 6) is -1.04. The fourth-order valence-corrected chi connectivity index (χ4v) is 2.15. The summed E-state index contributed by atoms with van der Waals surface area (Å²) < 4.78 is 1.38. The molecule has 100 valence electrons. The fourth-order valence-electron chi connectivity index (χ4n) is 2.15. The molecule has 0 saturated heterocycles. The molecule has 3 aromatic rings. The molecule has 2 heterocycles. The Kier molecular flexibility index (Phi) is 2.64. The number of carboxylic acid groups (broad SMARTS) is 1. The van der Waals surface area contributed by atoms with Crippen LogP contribution in [0.25, 0.3) is 16.9 Å². The molecule has 0 aliphatic rings. The Morgan fingerprint density at radius 1 is 1.30 bits per heavy atom. The van der Waals surface area contributed by atoms with Crippen LogP contribution in [0.2, 0.25) is 0 Å². The molecule has 0 amide bonds. The van der Waals surface area contributed by atoms with Gasteiger partial charge in [-0.25, -0.2) is 9.78 Å². The number of benzene rings is 1. The number of nitrogen functional groups attached to an aromatic ring is 1. The maximum absolute atomic E-state index is 11.1. The Morgan fingerprint density at radius 2 is 2.00 bits per heavy atom. The van der Waals surface area contributed by atoms with Gasteiger partial charge in [-0.3, -0.25) is 0 Å². The maximum Gasteiger partial charge on any atom is 0.341 e. The summed E-state index contributed by atoms with van der Waals surface area (Å²) >= 11 is 0. The van der Waals surface area contributed by atoms with Crippen molar-refractivity contribution in [3.63, 3.8) is 0 Å². The van der Waals surface area contributed by atoms with E-state index < -0.39 is 5.97 Å². The summed E-state index contributed by atoms with van der Waals surface area (Å²) in [7, 11) is 0. The minimum absolute atomic E-state index is 0.0559. The van der Waals surface area contributed by atoms with Gasteiger partial charge in [-0.2, -0.15) is 9.61 Å². The molecule has 0 fully saturated rings. The quantitative estimate of drug-likeness (QED) is 0.741. The van der Waals surface area contributed by atoms with Gasteiger partial charge in [0.05, 0.1) is 5.69 Å². The molecule has 6 heteroatoms. The van der Waals surface area contributed by atoms with Gasteiger partial charge in [-0.05, 0) is 6.92 Å². The van der Waals surface area contributed by atoms with Gasteiger partial charge in [0.2, 0.25) is 0 Å². The molecule has 20 heavy (non-hydrogen) atoms. The highest BCUT2D eigenvalue weighted by molar-refractivity contribution is 5.93. The van der Waals surface area contributed by atoms with Crippen molar-refractivity contribution in [2.75, 3.05) is 5.73 Å². The minimum atomic E-state index is -1.12. The van der Waals surface area contributed by atoms with Crippen LogP contribution >= 0.6 is 0 Å². The van der Waals surface area contributed by atoms with Gasteiger partial charge in [0.25, 0.3) is 0 Å². The van der Waals surface area contributed by atoms with Gasteiger partial charge in [-0.1, -0.05) is 30.3 Å². The topological polar surface area (TPSA) is 93.5 Å². The second kappa shape index (κ2) is 4.34. The molecular weight excluding hydrogens is 256 g/mol. The Labute approximate surface area is 114 Å². The molecule has 6 nitrogen and oxygen atoms in total. The van der Waals surface area contributed by atoms with E-state index >= 15 is 0 Å². The molecule has 0 unspecified atom stereocenters. The summed E-state index contributed by atoms with van der Waals surface area (Å²) in [4.78, 5) is 15.2. The van der Waals surface area contributed by atoms with Crippen molar-refractivity contribution < 1.29 is 9.90 Å². The molecule has 2 aromatic heterocycles. The molecular formula is C14H12N4O2. The van der Waals surface area contributed by atoms with Crippen molar-refractivity contribution in [1.82, 2.24) is 14.6 Å². The van der Waals surface area contributed by atoms with E-state index in [0.717, 1.165) is 16.8 Å². The van der Waals surface area contributed by atoms with Crippen LogP contribution in [-0.4, -0.2) is 25.7 Å². The van der Waals surface area contributed by atoms with E-state index in [1.165, 1.54) is 10.7 Å². The van der Waals surface area contributed by atoms with E-state index in [4.69, 9.17) is 10.8 Å². The number of nitrogens with zero attached hydrogens (tertiary/aromatic N) is 3. The number of rotatable bonds is 2. The van der Waals surface area contributed by atoms with Crippen molar-refractivity contribution in [2.45, 2.75) is 6.92 Å². The van der Waals surface area contributed by atoms with Crippen molar-refractivity contribution in [2.24, 2.45) is 0 Å². The van der Waals surface area contributed by atoms with Crippen molar-refractivity contribution in [3.05, 3.63) is 47.7 Å². The molecule has 0 saturated carbocycles. The first-order valence-corrected chi connectivity index (χ1v) is 6.02. The number of aromatic nitrogens is 3. The average molecular weight is 268 g/mol. The lowest BCUT2D eigenvalue weighted by molar-refractivity contribution is 0.0697. The molecule has 0 aliphatic heterocycles. The van der Waals surface area contributed by atoms with Gasteiger partial charge in [0, 0.05) is 17.3 Å². The lowest BCUT2D eigenvalue weighted by Crippen LogP contribution is -2.09. The van der Waals surface area contributed by atoms with E-state index in [9.17, 15) is 4.79 Å². The summed E-state index contributed by atoms with van der Waals surface area (Å²) in [6.07, 6.45) is 1.26. The summed E-state index contributed by atoms with van der Waals surface area (Å²) in [6.45, 7) is 1.89. The number of carboxylic acids is 1. The predicted octanol–water partition coefficient (Wildman–Crippen LogP) is 1.99. The molecule has 0 aliphatic carbocycles. The van der Waals surface area contributed by atoms with Gasteiger partial charge in [0.1, 0.15) is 11.4 Å². The Balaban J connectivity index is 2.30. The number of fused-ring (bicyclic) bond motifs is 1. The largest absolute Gasteiger partial charge is 0.477 e. The first-order chi connectivity index (χ1) is 9.59. The number of aryl methyl sites for hydroxylation is 1. The number of aromatic carboxylic acids is 1. The zero-order valence-electron chi connectivity index (χ0n) is 10.7. The summed E-state index contributed by atoms with van der Waals surface area (Å²) in [6, 6.07) is 9.62. The highest BCUT2D eigenvalue weighted by Gasteiger charge is 2.17. The lowest BCUT2D eigenvalue weighted by atomic mass is 10.1. The van der Waals surface area contributed by atoms with Crippen molar-refractivity contribution in [1.29, 1.82) is 0 Å². The summed E-state index contributed by atoms with van der Waals surface area (Å²) in [5, 5.41) is 13.4. The number of hydrogen-bond donors (Lipinski definition) is 2. The van der Waals surface area contributed by atoms with Crippen LogP contribution in [0.3, 0.4) is 0 Å². The highest BCUT2D eigenvalue weighted by atomic mass is 16.4. The standard InChI is InChI=1S/C14H12N4O2/c1-8-11(9-5-3-2-4-6-9)17-18-12(15)10(14(19)20)7-16-13(8)18/h2-7H,15H2,1H3,(H,19,20). The zero-order valence-corrected chi connectivity index (χ0v) is 10.7. The number of hydrogen-bond acceptors (Lipinski definition) is 4. The average Bonchev–Trinajstić information content (AvgIpc) is 2.78. The van der Waals surface area contributed by atoms with Crippen LogP contribution in [0.4, 0.5) is 5.82 Å². The van der Waals surface area contributed by atoms with Gasteiger partial charge >= 0.3 is 5.97 Å².